The second-order valence-corrected chi connectivity index (χ2v) is 6.06. The van der Waals surface area contributed by atoms with E-state index >= 15 is 0 Å². The average molecular weight is 293 g/mol. The lowest BCUT2D eigenvalue weighted by atomic mass is 10.1. The number of carbonyl (C=O) groups excluding carboxylic acids is 1. The Morgan fingerprint density at radius 3 is 2.71 bits per heavy atom. The number of carbonyl (C=O) groups is 1. The van der Waals surface area contributed by atoms with E-state index in [1.165, 1.54) is 0 Å². The first-order valence-corrected chi connectivity index (χ1v) is 7.34. The zero-order valence-corrected chi connectivity index (χ0v) is 13.6. The molecule has 1 aromatic heterocycles. The lowest BCUT2D eigenvalue weighted by molar-refractivity contribution is -0.132. The lowest BCUT2D eigenvalue weighted by Gasteiger charge is -2.24. The zero-order chi connectivity index (χ0) is 15.7. The van der Waals surface area contributed by atoms with Crippen LogP contribution in [0.5, 0.6) is 0 Å². The number of amides is 1. The van der Waals surface area contributed by atoms with Crippen LogP contribution in [-0.4, -0.2) is 48.1 Å². The molecule has 0 aliphatic carbocycles. The number of ether oxygens (including phenoxy) is 1. The first-order chi connectivity index (χ1) is 9.92. The van der Waals surface area contributed by atoms with E-state index in [0.717, 1.165) is 5.69 Å². The third kappa shape index (κ3) is 7.78. The summed E-state index contributed by atoms with van der Waals surface area (Å²) in [5, 5.41) is 3.33. The van der Waals surface area contributed by atoms with Crippen molar-refractivity contribution in [2.75, 3.05) is 26.8 Å². The van der Waals surface area contributed by atoms with Gasteiger partial charge in [0.05, 0.1) is 18.8 Å². The molecule has 1 amide bonds. The Kier molecular flexibility index (Phi) is 7.32. The highest BCUT2D eigenvalue weighted by molar-refractivity contribution is 5.76. The fourth-order valence-electron chi connectivity index (χ4n) is 1.88. The van der Waals surface area contributed by atoms with Crippen LogP contribution < -0.4 is 5.32 Å². The summed E-state index contributed by atoms with van der Waals surface area (Å²) in [6, 6.07) is 5.74. The quantitative estimate of drug-likeness (QED) is 0.794. The predicted molar refractivity (Wildman–Crippen MR) is 83.9 cm³/mol. The number of rotatable bonds is 8. The van der Waals surface area contributed by atoms with E-state index in [-0.39, 0.29) is 11.4 Å². The van der Waals surface area contributed by atoms with Crippen molar-refractivity contribution in [2.24, 2.45) is 0 Å². The molecule has 1 rings (SSSR count). The second kappa shape index (κ2) is 8.74. The van der Waals surface area contributed by atoms with Crippen molar-refractivity contribution < 1.29 is 9.53 Å². The molecule has 5 nitrogen and oxygen atoms in total. The van der Waals surface area contributed by atoms with Crippen molar-refractivity contribution >= 4 is 5.91 Å². The molecule has 0 aliphatic rings. The van der Waals surface area contributed by atoms with Crippen molar-refractivity contribution in [3.05, 3.63) is 30.1 Å². The van der Waals surface area contributed by atoms with Gasteiger partial charge in [0.15, 0.2) is 0 Å². The molecule has 5 heteroatoms. The van der Waals surface area contributed by atoms with Gasteiger partial charge in [-0.3, -0.25) is 9.78 Å². The Bertz CT molecular complexity index is 415. The number of pyridine rings is 1. The highest BCUT2D eigenvalue weighted by atomic mass is 16.5. The van der Waals surface area contributed by atoms with E-state index in [2.05, 4.69) is 31.1 Å². The van der Waals surface area contributed by atoms with Crippen LogP contribution in [0.15, 0.2) is 24.4 Å². The summed E-state index contributed by atoms with van der Waals surface area (Å²) in [6.45, 7) is 8.59. The molecular formula is C16H27N3O2. The summed E-state index contributed by atoms with van der Waals surface area (Å²) in [5.74, 6) is 0.120. The molecule has 0 unspecified atom stereocenters. The molecule has 118 valence electrons. The van der Waals surface area contributed by atoms with E-state index in [0.29, 0.717) is 32.7 Å². The number of hydrogen-bond donors (Lipinski definition) is 1. The summed E-state index contributed by atoms with van der Waals surface area (Å²) in [7, 11) is 1.64. The van der Waals surface area contributed by atoms with Crippen LogP contribution >= 0.6 is 0 Å². The third-order valence-corrected chi connectivity index (χ3v) is 2.99. The maximum absolute atomic E-state index is 12.3. The molecule has 0 saturated heterocycles. The third-order valence-electron chi connectivity index (χ3n) is 2.99. The van der Waals surface area contributed by atoms with Gasteiger partial charge in [0, 0.05) is 38.4 Å². The maximum Gasteiger partial charge on any atom is 0.224 e. The van der Waals surface area contributed by atoms with E-state index in [4.69, 9.17) is 4.74 Å². The first kappa shape index (κ1) is 17.6. The minimum atomic E-state index is 0.0264. The molecule has 1 N–H and O–H groups in total. The summed E-state index contributed by atoms with van der Waals surface area (Å²) in [6.07, 6.45) is 2.23. The fourth-order valence-corrected chi connectivity index (χ4v) is 1.88. The highest BCUT2D eigenvalue weighted by Gasteiger charge is 2.15. The van der Waals surface area contributed by atoms with E-state index in [9.17, 15) is 4.79 Å². The fraction of sp³-hybridized carbons (Fsp3) is 0.625. The van der Waals surface area contributed by atoms with Crippen LogP contribution in [0.2, 0.25) is 0 Å². The van der Waals surface area contributed by atoms with E-state index < -0.39 is 0 Å². The SMILES string of the molecule is COCCN(Cc1ccccn1)C(=O)CCNC(C)(C)C. The standard InChI is InChI=1S/C16H27N3O2/c1-16(2,3)18-10-8-15(20)19(11-12-21-4)13-14-7-5-6-9-17-14/h5-7,9,18H,8,10-13H2,1-4H3. The van der Waals surface area contributed by atoms with Gasteiger partial charge in [-0.2, -0.15) is 0 Å². The summed E-state index contributed by atoms with van der Waals surface area (Å²) in [4.78, 5) is 18.4. The van der Waals surface area contributed by atoms with Gasteiger partial charge in [0.25, 0.3) is 0 Å². The van der Waals surface area contributed by atoms with Crippen LogP contribution in [0.4, 0.5) is 0 Å². The Balaban J connectivity index is 2.53. The molecular weight excluding hydrogens is 266 g/mol. The minimum Gasteiger partial charge on any atom is -0.383 e. The number of aromatic nitrogens is 1. The summed E-state index contributed by atoms with van der Waals surface area (Å²) >= 11 is 0. The van der Waals surface area contributed by atoms with Crippen molar-refractivity contribution in [1.29, 1.82) is 0 Å². The van der Waals surface area contributed by atoms with Gasteiger partial charge < -0.3 is 15.0 Å². The number of methoxy groups -OCH3 is 1. The number of hydrogen-bond acceptors (Lipinski definition) is 4. The van der Waals surface area contributed by atoms with Gasteiger partial charge in [-0.25, -0.2) is 0 Å². The largest absolute Gasteiger partial charge is 0.383 e. The van der Waals surface area contributed by atoms with Crippen molar-refractivity contribution in [3.8, 4) is 0 Å². The summed E-state index contributed by atoms with van der Waals surface area (Å²) < 4.78 is 5.09. The summed E-state index contributed by atoms with van der Waals surface area (Å²) in [5.41, 5.74) is 0.921. The normalized spacial score (nSPS) is 11.4. The molecule has 0 saturated carbocycles. The number of nitrogens with one attached hydrogen (secondary N) is 1. The van der Waals surface area contributed by atoms with Gasteiger partial charge in [-0.1, -0.05) is 6.07 Å². The van der Waals surface area contributed by atoms with Gasteiger partial charge in [-0.05, 0) is 32.9 Å². The molecule has 1 aromatic rings. The van der Waals surface area contributed by atoms with Crippen LogP contribution in [0, 0.1) is 0 Å². The zero-order valence-electron chi connectivity index (χ0n) is 13.6. The molecule has 0 spiro atoms. The molecule has 0 fully saturated rings. The molecule has 21 heavy (non-hydrogen) atoms. The van der Waals surface area contributed by atoms with Gasteiger partial charge in [0.1, 0.15) is 0 Å². The highest BCUT2D eigenvalue weighted by Crippen LogP contribution is 2.04. The predicted octanol–water partition coefficient (Wildman–Crippen LogP) is 1.83. The topological polar surface area (TPSA) is 54.5 Å². The smallest absolute Gasteiger partial charge is 0.224 e. The first-order valence-electron chi connectivity index (χ1n) is 7.34. The Hall–Kier alpha value is -1.46. The second-order valence-electron chi connectivity index (χ2n) is 6.06. The average Bonchev–Trinajstić information content (AvgIpc) is 2.43. The maximum atomic E-state index is 12.3. The van der Waals surface area contributed by atoms with E-state index in [1.807, 2.05) is 18.2 Å². The Morgan fingerprint density at radius 1 is 1.38 bits per heavy atom. The molecule has 0 aromatic carbocycles. The Labute approximate surface area is 127 Å². The molecule has 0 atom stereocenters. The van der Waals surface area contributed by atoms with Crippen LogP contribution in [0.1, 0.15) is 32.9 Å². The van der Waals surface area contributed by atoms with Gasteiger partial charge >= 0.3 is 0 Å². The van der Waals surface area contributed by atoms with E-state index in [1.54, 1.807) is 18.2 Å². The monoisotopic (exact) mass is 293 g/mol. The molecule has 0 radical (unpaired) electrons. The van der Waals surface area contributed by atoms with Crippen LogP contribution in [0.25, 0.3) is 0 Å². The van der Waals surface area contributed by atoms with Crippen molar-refractivity contribution in [3.63, 3.8) is 0 Å². The van der Waals surface area contributed by atoms with Crippen molar-refractivity contribution in [1.82, 2.24) is 15.2 Å². The lowest BCUT2D eigenvalue weighted by Crippen LogP contribution is -2.40. The van der Waals surface area contributed by atoms with Gasteiger partial charge in [0.2, 0.25) is 5.91 Å². The number of nitrogens with zero attached hydrogens (tertiary/aromatic N) is 2. The minimum absolute atomic E-state index is 0.0264. The Morgan fingerprint density at radius 2 is 2.14 bits per heavy atom. The molecule has 1 heterocycles. The van der Waals surface area contributed by atoms with Gasteiger partial charge in [-0.15, -0.1) is 0 Å². The van der Waals surface area contributed by atoms with Crippen LogP contribution in [0.3, 0.4) is 0 Å². The molecule has 0 bridgehead atoms. The van der Waals surface area contributed by atoms with Crippen LogP contribution in [-0.2, 0) is 16.1 Å². The molecule has 0 aliphatic heterocycles. The van der Waals surface area contributed by atoms with Crippen molar-refractivity contribution in [2.45, 2.75) is 39.3 Å².